The zero-order chi connectivity index (χ0) is 22.1. The Labute approximate surface area is 167 Å². The quantitative estimate of drug-likeness (QED) is 0.510. The van der Waals surface area contributed by atoms with Crippen LogP contribution in [0, 0.1) is 17.5 Å². The van der Waals surface area contributed by atoms with E-state index in [1.54, 1.807) is 0 Å². The molecule has 0 radical (unpaired) electrons. The van der Waals surface area contributed by atoms with E-state index in [1.165, 1.54) is 36.2 Å². The van der Waals surface area contributed by atoms with Crippen LogP contribution in [0.5, 0.6) is 0 Å². The molecular weight excluding hydrogens is 410 g/mol. The molecule has 1 N–H and O–H groups in total. The molecule has 0 saturated heterocycles. The largest absolute Gasteiger partial charge is 0.418 e. The molecule has 0 saturated carbocycles. The van der Waals surface area contributed by atoms with Crippen molar-refractivity contribution in [2.24, 2.45) is 0 Å². The zero-order valence-electron chi connectivity index (χ0n) is 15.4. The van der Waals surface area contributed by atoms with Crippen molar-refractivity contribution in [3.63, 3.8) is 0 Å². The van der Waals surface area contributed by atoms with E-state index in [4.69, 9.17) is 0 Å². The van der Waals surface area contributed by atoms with Gasteiger partial charge in [-0.15, -0.1) is 0 Å². The summed E-state index contributed by atoms with van der Waals surface area (Å²) in [6.45, 7) is 0. The summed E-state index contributed by atoms with van der Waals surface area (Å²) in [6.07, 6.45) is -4.76. The van der Waals surface area contributed by atoms with Gasteiger partial charge >= 0.3 is 6.18 Å². The molecule has 0 bridgehead atoms. The lowest BCUT2D eigenvalue weighted by Gasteiger charge is -2.24. The van der Waals surface area contributed by atoms with Gasteiger partial charge in [-0.3, -0.25) is 4.79 Å². The monoisotopic (exact) mass is 424 g/mol. The summed E-state index contributed by atoms with van der Waals surface area (Å²) >= 11 is 0. The van der Waals surface area contributed by atoms with Crippen LogP contribution in [0.25, 0.3) is 0 Å². The standard InChI is InChI=1S/C21H14F6N2O/c1-29(18-10-5-12(22)11-15(18)21(25,26)27)14-8-6-13(7-9-14)28-20(30)19-16(23)3-2-4-17(19)24/h2-11H,1H3,(H,28,30). The summed E-state index contributed by atoms with van der Waals surface area (Å²) in [5.41, 5.74) is -1.68. The van der Waals surface area contributed by atoms with E-state index in [1.807, 2.05) is 0 Å². The fourth-order valence-electron chi connectivity index (χ4n) is 2.84. The Morgan fingerprint density at radius 3 is 2.07 bits per heavy atom. The molecular formula is C21H14F6N2O. The van der Waals surface area contributed by atoms with Crippen LogP contribution >= 0.6 is 0 Å². The molecule has 0 heterocycles. The normalized spacial score (nSPS) is 11.3. The van der Waals surface area contributed by atoms with Gasteiger partial charge in [0, 0.05) is 18.4 Å². The number of benzene rings is 3. The minimum atomic E-state index is -4.76. The smallest absolute Gasteiger partial charge is 0.344 e. The van der Waals surface area contributed by atoms with Gasteiger partial charge in [0.1, 0.15) is 23.0 Å². The number of amides is 1. The molecule has 0 fully saturated rings. The molecule has 156 valence electrons. The van der Waals surface area contributed by atoms with Gasteiger partial charge < -0.3 is 10.2 Å². The van der Waals surface area contributed by atoms with Crippen molar-refractivity contribution in [3.8, 4) is 0 Å². The third-order valence-corrected chi connectivity index (χ3v) is 4.33. The number of carbonyl (C=O) groups excluding carboxylic acids is 1. The number of carbonyl (C=O) groups is 1. The van der Waals surface area contributed by atoms with E-state index in [2.05, 4.69) is 5.32 Å². The number of alkyl halides is 3. The average molecular weight is 424 g/mol. The number of hydrogen-bond donors (Lipinski definition) is 1. The molecule has 0 atom stereocenters. The SMILES string of the molecule is CN(c1ccc(NC(=O)c2c(F)cccc2F)cc1)c1ccc(F)cc1C(F)(F)F. The fraction of sp³-hybridized carbons (Fsp3) is 0.0952. The summed E-state index contributed by atoms with van der Waals surface area (Å²) in [6, 6.07) is 10.9. The average Bonchev–Trinajstić information content (AvgIpc) is 2.67. The molecule has 3 rings (SSSR count). The molecule has 3 aromatic carbocycles. The number of anilines is 3. The highest BCUT2D eigenvalue weighted by atomic mass is 19.4. The van der Waals surface area contributed by atoms with E-state index < -0.39 is 40.7 Å². The van der Waals surface area contributed by atoms with Crippen LogP contribution < -0.4 is 10.2 Å². The predicted octanol–water partition coefficient (Wildman–Crippen LogP) is 6.14. The Bertz CT molecular complexity index is 1060. The summed E-state index contributed by atoms with van der Waals surface area (Å²) in [7, 11) is 1.37. The Morgan fingerprint density at radius 2 is 1.50 bits per heavy atom. The van der Waals surface area contributed by atoms with E-state index >= 15 is 0 Å². The number of nitrogens with one attached hydrogen (secondary N) is 1. The van der Waals surface area contributed by atoms with E-state index in [0.717, 1.165) is 30.3 Å². The van der Waals surface area contributed by atoms with Crippen LogP contribution in [0.1, 0.15) is 15.9 Å². The summed E-state index contributed by atoms with van der Waals surface area (Å²) in [5, 5.41) is 2.32. The molecule has 0 aliphatic carbocycles. The molecule has 9 heteroatoms. The van der Waals surface area contributed by atoms with Crippen molar-refractivity contribution in [2.75, 3.05) is 17.3 Å². The first-order valence-corrected chi connectivity index (χ1v) is 8.54. The molecule has 0 aromatic heterocycles. The van der Waals surface area contributed by atoms with E-state index in [9.17, 15) is 31.1 Å². The molecule has 3 nitrogen and oxygen atoms in total. The maximum Gasteiger partial charge on any atom is 0.418 e. The highest BCUT2D eigenvalue weighted by Crippen LogP contribution is 2.39. The van der Waals surface area contributed by atoms with Crippen molar-refractivity contribution < 1.29 is 31.1 Å². The molecule has 0 aliphatic rings. The second-order valence-electron chi connectivity index (χ2n) is 6.32. The van der Waals surface area contributed by atoms with Crippen molar-refractivity contribution in [3.05, 3.63) is 89.2 Å². The van der Waals surface area contributed by atoms with Crippen LogP contribution in [0.15, 0.2) is 60.7 Å². The third kappa shape index (κ3) is 4.40. The molecule has 0 aliphatic heterocycles. The van der Waals surface area contributed by atoms with Crippen LogP contribution in [-0.2, 0) is 6.18 Å². The van der Waals surface area contributed by atoms with Gasteiger partial charge in [0.25, 0.3) is 5.91 Å². The van der Waals surface area contributed by atoms with Crippen LogP contribution in [0.2, 0.25) is 0 Å². The Balaban J connectivity index is 1.84. The van der Waals surface area contributed by atoms with Gasteiger partial charge in [-0.1, -0.05) is 6.07 Å². The van der Waals surface area contributed by atoms with Gasteiger partial charge in [-0.05, 0) is 54.6 Å². The summed E-state index contributed by atoms with van der Waals surface area (Å²) in [4.78, 5) is 13.3. The van der Waals surface area contributed by atoms with E-state index in [0.29, 0.717) is 11.8 Å². The van der Waals surface area contributed by atoms with Crippen LogP contribution in [0.3, 0.4) is 0 Å². The predicted molar refractivity (Wildman–Crippen MR) is 100 cm³/mol. The zero-order valence-corrected chi connectivity index (χ0v) is 15.4. The van der Waals surface area contributed by atoms with Crippen molar-refractivity contribution in [1.29, 1.82) is 0 Å². The minimum Gasteiger partial charge on any atom is -0.344 e. The fourth-order valence-corrected chi connectivity index (χ4v) is 2.84. The first-order valence-electron chi connectivity index (χ1n) is 8.54. The van der Waals surface area contributed by atoms with Crippen molar-refractivity contribution >= 4 is 23.0 Å². The van der Waals surface area contributed by atoms with Gasteiger partial charge in [0.2, 0.25) is 0 Å². The van der Waals surface area contributed by atoms with Crippen LogP contribution in [0.4, 0.5) is 43.4 Å². The minimum absolute atomic E-state index is 0.176. The Morgan fingerprint density at radius 1 is 0.900 bits per heavy atom. The topological polar surface area (TPSA) is 32.3 Å². The first-order chi connectivity index (χ1) is 14.1. The van der Waals surface area contributed by atoms with E-state index in [-0.39, 0.29) is 11.4 Å². The highest BCUT2D eigenvalue weighted by Gasteiger charge is 2.35. The first kappa shape index (κ1) is 21.2. The second-order valence-corrected chi connectivity index (χ2v) is 6.32. The van der Waals surface area contributed by atoms with Gasteiger partial charge in [0.15, 0.2) is 0 Å². The number of nitrogens with zero attached hydrogens (tertiary/aromatic N) is 1. The molecule has 3 aromatic rings. The lowest BCUT2D eigenvalue weighted by molar-refractivity contribution is -0.137. The second kappa shape index (κ2) is 8.10. The third-order valence-electron chi connectivity index (χ3n) is 4.33. The van der Waals surface area contributed by atoms with Crippen molar-refractivity contribution in [1.82, 2.24) is 0 Å². The maximum atomic E-state index is 13.7. The van der Waals surface area contributed by atoms with Crippen LogP contribution in [-0.4, -0.2) is 13.0 Å². The lowest BCUT2D eigenvalue weighted by Crippen LogP contribution is -2.17. The van der Waals surface area contributed by atoms with Gasteiger partial charge in [-0.25, -0.2) is 13.2 Å². The Hall–Kier alpha value is -3.49. The summed E-state index contributed by atoms with van der Waals surface area (Å²) in [5.74, 6) is -4.08. The van der Waals surface area contributed by atoms with Gasteiger partial charge in [0.05, 0.1) is 11.3 Å². The summed E-state index contributed by atoms with van der Waals surface area (Å²) < 4.78 is 80.4. The lowest BCUT2D eigenvalue weighted by atomic mass is 10.1. The molecule has 0 spiro atoms. The number of hydrogen-bond acceptors (Lipinski definition) is 2. The Kier molecular flexibility index (Phi) is 5.73. The van der Waals surface area contributed by atoms with Gasteiger partial charge in [-0.2, -0.15) is 13.2 Å². The maximum absolute atomic E-state index is 13.7. The molecule has 30 heavy (non-hydrogen) atoms. The van der Waals surface area contributed by atoms with Crippen molar-refractivity contribution in [2.45, 2.75) is 6.18 Å². The number of halogens is 6. The molecule has 0 unspecified atom stereocenters. The molecule has 1 amide bonds. The number of rotatable bonds is 4. The highest BCUT2D eigenvalue weighted by molar-refractivity contribution is 6.04.